The van der Waals surface area contributed by atoms with Gasteiger partial charge in [0.25, 0.3) is 0 Å². The van der Waals surface area contributed by atoms with Gasteiger partial charge < -0.3 is 16.4 Å². The van der Waals surface area contributed by atoms with Crippen LogP contribution in [-0.4, -0.2) is 16.5 Å². The Morgan fingerprint density at radius 2 is 1.85 bits per heavy atom. The monoisotopic (exact) mass is 291 g/mol. The lowest BCUT2D eigenvalue weighted by Gasteiger charge is -2.08. The molecule has 0 bridgehead atoms. The topological polar surface area (TPSA) is 75.9 Å². The van der Waals surface area contributed by atoms with E-state index in [0.29, 0.717) is 0 Å². The number of nitrogen functional groups attached to an aromatic ring is 1. The predicted octanol–water partition coefficient (Wildman–Crippen LogP) is 3.17. The highest BCUT2D eigenvalue weighted by molar-refractivity contribution is 7.12. The molecular weight excluding hydrogens is 270 g/mol. The molecule has 108 valence electrons. The molecule has 0 atom stereocenters. The molecule has 2 aromatic rings. The fourth-order valence-electron chi connectivity index (χ4n) is 1.81. The summed E-state index contributed by atoms with van der Waals surface area (Å²) < 4.78 is 0. The van der Waals surface area contributed by atoms with E-state index in [-0.39, 0.29) is 5.95 Å². The molecule has 0 fully saturated rings. The van der Waals surface area contributed by atoms with Crippen LogP contribution in [0.3, 0.4) is 0 Å². The summed E-state index contributed by atoms with van der Waals surface area (Å²) in [6.45, 7) is 8.00. The van der Waals surface area contributed by atoms with Crippen LogP contribution in [-0.2, 0) is 6.54 Å². The lowest BCUT2D eigenvalue weighted by Crippen LogP contribution is -2.08. The second kappa shape index (κ2) is 6.56. The number of nitrogens with zero attached hydrogens (tertiary/aromatic N) is 2. The van der Waals surface area contributed by atoms with Crippen LogP contribution in [0.2, 0.25) is 0 Å². The van der Waals surface area contributed by atoms with Crippen LogP contribution in [0, 0.1) is 13.8 Å². The van der Waals surface area contributed by atoms with Gasteiger partial charge in [-0.05, 0) is 31.9 Å². The van der Waals surface area contributed by atoms with Crippen molar-refractivity contribution in [3.05, 3.63) is 27.5 Å². The zero-order valence-electron chi connectivity index (χ0n) is 12.2. The Labute approximate surface area is 123 Å². The zero-order chi connectivity index (χ0) is 14.5. The van der Waals surface area contributed by atoms with Crippen LogP contribution in [0.4, 0.5) is 17.6 Å². The molecule has 5 nitrogen and oxygen atoms in total. The minimum Gasteiger partial charge on any atom is -0.370 e. The molecule has 0 radical (unpaired) electrons. The minimum atomic E-state index is 0.284. The standard InChI is InChI=1S/C14H21N5S/c1-4-5-16-12-7-13(19-14(15)18-12)17-8-11-6-9(2)10(3)20-11/h6-7H,4-5,8H2,1-3H3,(H4,15,16,17,18,19). The maximum atomic E-state index is 5.73. The molecule has 4 N–H and O–H groups in total. The van der Waals surface area contributed by atoms with Gasteiger partial charge in [0, 0.05) is 22.4 Å². The van der Waals surface area contributed by atoms with E-state index in [4.69, 9.17) is 5.73 Å². The van der Waals surface area contributed by atoms with Gasteiger partial charge in [-0.15, -0.1) is 11.3 Å². The average molecular weight is 291 g/mol. The molecule has 0 aliphatic rings. The summed E-state index contributed by atoms with van der Waals surface area (Å²) in [5, 5.41) is 6.52. The number of nitrogens with one attached hydrogen (secondary N) is 2. The van der Waals surface area contributed by atoms with Gasteiger partial charge in [0.1, 0.15) is 11.6 Å². The Bertz CT molecular complexity index is 559. The van der Waals surface area contributed by atoms with Crippen LogP contribution in [0.5, 0.6) is 0 Å². The van der Waals surface area contributed by atoms with Gasteiger partial charge in [0.15, 0.2) is 0 Å². The number of aromatic nitrogens is 2. The first-order valence-electron chi connectivity index (χ1n) is 6.76. The molecule has 0 aliphatic heterocycles. The third kappa shape index (κ3) is 3.84. The summed E-state index contributed by atoms with van der Waals surface area (Å²) in [7, 11) is 0. The number of nitrogens with two attached hydrogens (primary N) is 1. The Balaban J connectivity index is 2.03. The maximum absolute atomic E-state index is 5.73. The zero-order valence-corrected chi connectivity index (χ0v) is 13.0. The Kier molecular flexibility index (Phi) is 4.79. The highest BCUT2D eigenvalue weighted by Gasteiger charge is 2.04. The number of rotatable bonds is 6. The quantitative estimate of drug-likeness (QED) is 0.762. The summed E-state index contributed by atoms with van der Waals surface area (Å²) in [6.07, 6.45) is 1.04. The molecule has 0 aliphatic carbocycles. The van der Waals surface area contributed by atoms with Crippen LogP contribution in [0.15, 0.2) is 12.1 Å². The van der Waals surface area contributed by atoms with Crippen molar-refractivity contribution in [3.8, 4) is 0 Å². The van der Waals surface area contributed by atoms with Crippen molar-refractivity contribution < 1.29 is 0 Å². The Hall–Kier alpha value is -1.82. The number of thiophene rings is 1. The Morgan fingerprint density at radius 3 is 2.45 bits per heavy atom. The third-order valence-corrected chi connectivity index (χ3v) is 4.11. The van der Waals surface area contributed by atoms with E-state index in [1.807, 2.05) is 6.07 Å². The first-order chi connectivity index (χ1) is 9.58. The van der Waals surface area contributed by atoms with Crippen molar-refractivity contribution in [3.63, 3.8) is 0 Å². The van der Waals surface area contributed by atoms with Crippen LogP contribution in [0.1, 0.15) is 28.7 Å². The smallest absolute Gasteiger partial charge is 0.223 e. The summed E-state index contributed by atoms with van der Waals surface area (Å²) >= 11 is 1.80. The number of aryl methyl sites for hydroxylation is 2. The molecule has 0 saturated heterocycles. The molecule has 0 saturated carbocycles. The summed E-state index contributed by atoms with van der Waals surface area (Å²) in [4.78, 5) is 11.0. The van der Waals surface area contributed by atoms with E-state index in [9.17, 15) is 0 Å². The van der Waals surface area contributed by atoms with Gasteiger partial charge in [-0.1, -0.05) is 6.92 Å². The van der Waals surface area contributed by atoms with Crippen molar-refractivity contribution in [2.45, 2.75) is 33.7 Å². The molecule has 2 aromatic heterocycles. The lowest BCUT2D eigenvalue weighted by molar-refractivity contribution is 0.965. The molecule has 0 aromatic carbocycles. The van der Waals surface area contributed by atoms with Gasteiger partial charge in [-0.25, -0.2) is 0 Å². The van der Waals surface area contributed by atoms with Crippen LogP contribution < -0.4 is 16.4 Å². The van der Waals surface area contributed by atoms with Gasteiger partial charge >= 0.3 is 0 Å². The predicted molar refractivity (Wildman–Crippen MR) is 86.3 cm³/mol. The average Bonchev–Trinajstić information content (AvgIpc) is 2.73. The van der Waals surface area contributed by atoms with E-state index < -0.39 is 0 Å². The second-order valence-electron chi connectivity index (χ2n) is 4.73. The van der Waals surface area contributed by atoms with Gasteiger partial charge in [0.2, 0.25) is 5.95 Å². The number of hydrogen-bond donors (Lipinski definition) is 3. The van der Waals surface area contributed by atoms with Gasteiger partial charge in [-0.3, -0.25) is 0 Å². The molecule has 2 rings (SSSR count). The highest BCUT2D eigenvalue weighted by atomic mass is 32.1. The molecule has 0 unspecified atom stereocenters. The molecule has 0 amide bonds. The molecule has 6 heteroatoms. The fraction of sp³-hybridized carbons (Fsp3) is 0.429. The van der Waals surface area contributed by atoms with E-state index >= 15 is 0 Å². The van der Waals surface area contributed by atoms with E-state index in [1.165, 1.54) is 15.3 Å². The van der Waals surface area contributed by atoms with Crippen LogP contribution in [0.25, 0.3) is 0 Å². The van der Waals surface area contributed by atoms with Crippen molar-refractivity contribution in [1.82, 2.24) is 9.97 Å². The minimum absolute atomic E-state index is 0.284. The molecule has 0 spiro atoms. The number of hydrogen-bond acceptors (Lipinski definition) is 6. The van der Waals surface area contributed by atoms with E-state index in [1.54, 1.807) is 11.3 Å². The summed E-state index contributed by atoms with van der Waals surface area (Å²) in [5.41, 5.74) is 7.06. The van der Waals surface area contributed by atoms with E-state index in [2.05, 4.69) is 47.4 Å². The number of anilines is 3. The fourth-order valence-corrected chi connectivity index (χ4v) is 2.81. The normalized spacial score (nSPS) is 10.6. The highest BCUT2D eigenvalue weighted by Crippen LogP contribution is 2.22. The summed E-state index contributed by atoms with van der Waals surface area (Å²) in [5.74, 6) is 1.80. The maximum Gasteiger partial charge on any atom is 0.223 e. The van der Waals surface area contributed by atoms with Crippen molar-refractivity contribution in [1.29, 1.82) is 0 Å². The van der Waals surface area contributed by atoms with Crippen molar-refractivity contribution in [2.24, 2.45) is 0 Å². The molecular formula is C14H21N5S. The third-order valence-electron chi connectivity index (χ3n) is 2.96. The SMILES string of the molecule is CCCNc1cc(NCc2cc(C)c(C)s2)nc(N)n1. The molecule has 20 heavy (non-hydrogen) atoms. The first kappa shape index (κ1) is 14.6. The molecule has 2 heterocycles. The Morgan fingerprint density at radius 1 is 1.15 bits per heavy atom. The van der Waals surface area contributed by atoms with Crippen molar-refractivity contribution in [2.75, 3.05) is 22.9 Å². The lowest BCUT2D eigenvalue weighted by atomic mass is 10.3. The largest absolute Gasteiger partial charge is 0.370 e. The van der Waals surface area contributed by atoms with Gasteiger partial charge in [0.05, 0.1) is 6.54 Å². The first-order valence-corrected chi connectivity index (χ1v) is 7.58. The second-order valence-corrected chi connectivity index (χ2v) is 6.07. The summed E-state index contributed by atoms with van der Waals surface area (Å²) in [6, 6.07) is 4.09. The van der Waals surface area contributed by atoms with Gasteiger partial charge in [-0.2, -0.15) is 9.97 Å². The van der Waals surface area contributed by atoms with Crippen molar-refractivity contribution >= 4 is 28.9 Å². The van der Waals surface area contributed by atoms with Crippen LogP contribution >= 0.6 is 11.3 Å². The van der Waals surface area contributed by atoms with E-state index in [0.717, 1.165) is 31.1 Å².